The van der Waals surface area contributed by atoms with Crippen LogP contribution in [0.4, 0.5) is 0 Å². The van der Waals surface area contributed by atoms with Gasteiger partial charge in [0.05, 0.1) is 0 Å². The molecule has 1 heterocycles. The molecule has 2 aliphatic rings. The number of likely N-dealkylation sites (tertiary alicyclic amines) is 1. The molecule has 2 rings (SSSR count). The monoisotopic (exact) mass is 196 g/mol. The zero-order valence-electron chi connectivity index (χ0n) is 9.41. The lowest BCUT2D eigenvalue weighted by Gasteiger charge is -2.33. The highest BCUT2D eigenvalue weighted by atomic mass is 15.1. The van der Waals surface area contributed by atoms with E-state index in [1.54, 1.807) is 0 Å². The van der Waals surface area contributed by atoms with Gasteiger partial charge < -0.3 is 10.6 Å². The molecule has 2 heteroatoms. The summed E-state index contributed by atoms with van der Waals surface area (Å²) in [5, 5.41) is 0. The van der Waals surface area contributed by atoms with Crippen LogP contribution in [-0.4, -0.2) is 30.6 Å². The molecule has 0 radical (unpaired) electrons. The van der Waals surface area contributed by atoms with Crippen LogP contribution in [0.15, 0.2) is 0 Å². The minimum absolute atomic E-state index is 0.403. The van der Waals surface area contributed by atoms with Gasteiger partial charge in [0.25, 0.3) is 0 Å². The molecule has 0 amide bonds. The van der Waals surface area contributed by atoms with Gasteiger partial charge in [-0.2, -0.15) is 0 Å². The van der Waals surface area contributed by atoms with Gasteiger partial charge in [-0.25, -0.2) is 0 Å². The SMILES string of the molecule is CC(N)C1CCN(CCC2CC2)CC1. The second kappa shape index (κ2) is 4.63. The molecule has 1 aliphatic carbocycles. The molecule has 0 aromatic heterocycles. The lowest BCUT2D eigenvalue weighted by Crippen LogP contribution is -2.40. The van der Waals surface area contributed by atoms with Crippen LogP contribution in [0, 0.1) is 11.8 Å². The standard InChI is InChI=1S/C12H24N2/c1-10(13)12-5-8-14(9-6-12)7-4-11-2-3-11/h10-12H,2-9,13H2,1H3. The molecule has 1 saturated heterocycles. The minimum atomic E-state index is 0.403. The van der Waals surface area contributed by atoms with Crippen LogP contribution in [0.25, 0.3) is 0 Å². The third-order valence-electron chi connectivity index (χ3n) is 3.93. The normalized spacial score (nSPS) is 27.9. The number of rotatable bonds is 4. The van der Waals surface area contributed by atoms with Gasteiger partial charge in [0, 0.05) is 6.04 Å². The van der Waals surface area contributed by atoms with E-state index in [2.05, 4.69) is 11.8 Å². The topological polar surface area (TPSA) is 29.3 Å². The van der Waals surface area contributed by atoms with Crippen LogP contribution >= 0.6 is 0 Å². The van der Waals surface area contributed by atoms with E-state index in [9.17, 15) is 0 Å². The van der Waals surface area contributed by atoms with E-state index in [0.29, 0.717) is 6.04 Å². The zero-order chi connectivity index (χ0) is 9.97. The molecule has 1 unspecified atom stereocenters. The maximum atomic E-state index is 5.93. The Labute approximate surface area is 87.8 Å². The fourth-order valence-corrected chi connectivity index (χ4v) is 2.47. The van der Waals surface area contributed by atoms with E-state index >= 15 is 0 Å². The second-order valence-corrected chi connectivity index (χ2v) is 5.27. The smallest absolute Gasteiger partial charge is 0.00397 e. The second-order valence-electron chi connectivity index (χ2n) is 5.27. The Morgan fingerprint density at radius 2 is 1.86 bits per heavy atom. The van der Waals surface area contributed by atoms with Crippen molar-refractivity contribution in [2.24, 2.45) is 17.6 Å². The van der Waals surface area contributed by atoms with Gasteiger partial charge in [-0.1, -0.05) is 12.8 Å². The first kappa shape index (κ1) is 10.4. The molecular weight excluding hydrogens is 172 g/mol. The van der Waals surface area contributed by atoms with E-state index in [0.717, 1.165) is 11.8 Å². The van der Waals surface area contributed by atoms with Crippen LogP contribution in [-0.2, 0) is 0 Å². The van der Waals surface area contributed by atoms with E-state index in [1.165, 1.54) is 51.7 Å². The quantitative estimate of drug-likeness (QED) is 0.743. The number of hydrogen-bond acceptors (Lipinski definition) is 2. The van der Waals surface area contributed by atoms with E-state index in [4.69, 9.17) is 5.73 Å². The third kappa shape index (κ3) is 2.96. The molecule has 0 aromatic carbocycles. The van der Waals surface area contributed by atoms with Gasteiger partial charge in [-0.15, -0.1) is 0 Å². The fourth-order valence-electron chi connectivity index (χ4n) is 2.47. The van der Waals surface area contributed by atoms with Crippen LogP contribution in [0.2, 0.25) is 0 Å². The summed E-state index contributed by atoms with van der Waals surface area (Å²) in [7, 11) is 0. The van der Waals surface area contributed by atoms with E-state index in [-0.39, 0.29) is 0 Å². The summed E-state index contributed by atoms with van der Waals surface area (Å²) in [5.74, 6) is 1.87. The van der Waals surface area contributed by atoms with Crippen molar-refractivity contribution in [2.75, 3.05) is 19.6 Å². The molecule has 2 N–H and O–H groups in total. The van der Waals surface area contributed by atoms with Gasteiger partial charge in [0.2, 0.25) is 0 Å². The molecule has 1 aliphatic heterocycles. The summed E-state index contributed by atoms with van der Waals surface area (Å²) in [6, 6.07) is 0.403. The highest BCUT2D eigenvalue weighted by molar-refractivity contribution is 4.79. The Morgan fingerprint density at radius 3 is 2.36 bits per heavy atom. The zero-order valence-corrected chi connectivity index (χ0v) is 9.41. The molecule has 82 valence electrons. The Hall–Kier alpha value is -0.0800. The first-order chi connectivity index (χ1) is 6.75. The maximum Gasteiger partial charge on any atom is 0.00397 e. The molecule has 0 spiro atoms. The highest BCUT2D eigenvalue weighted by Crippen LogP contribution is 2.32. The molecule has 0 bridgehead atoms. The molecular formula is C12H24N2. The van der Waals surface area contributed by atoms with Gasteiger partial charge >= 0.3 is 0 Å². The lowest BCUT2D eigenvalue weighted by molar-refractivity contribution is 0.168. The molecule has 2 fully saturated rings. The predicted octanol–water partition coefficient (Wildman–Crippen LogP) is 1.85. The average molecular weight is 196 g/mol. The van der Waals surface area contributed by atoms with Gasteiger partial charge in [0.1, 0.15) is 0 Å². The number of nitrogens with zero attached hydrogens (tertiary/aromatic N) is 1. The van der Waals surface area contributed by atoms with Crippen molar-refractivity contribution >= 4 is 0 Å². The van der Waals surface area contributed by atoms with E-state index < -0.39 is 0 Å². The molecule has 1 atom stereocenters. The molecule has 0 aromatic rings. The van der Waals surface area contributed by atoms with Gasteiger partial charge in [-0.05, 0) is 57.7 Å². The van der Waals surface area contributed by atoms with Crippen LogP contribution in [0.3, 0.4) is 0 Å². The number of piperidine rings is 1. The van der Waals surface area contributed by atoms with Crippen LogP contribution in [0.5, 0.6) is 0 Å². The lowest BCUT2D eigenvalue weighted by atomic mass is 9.91. The maximum absolute atomic E-state index is 5.93. The largest absolute Gasteiger partial charge is 0.328 e. The first-order valence-electron chi connectivity index (χ1n) is 6.23. The molecule has 14 heavy (non-hydrogen) atoms. The van der Waals surface area contributed by atoms with Crippen LogP contribution < -0.4 is 5.73 Å². The fraction of sp³-hybridized carbons (Fsp3) is 1.00. The Bertz CT molecular complexity index is 167. The Morgan fingerprint density at radius 1 is 1.21 bits per heavy atom. The van der Waals surface area contributed by atoms with Crippen molar-refractivity contribution in [3.63, 3.8) is 0 Å². The van der Waals surface area contributed by atoms with Gasteiger partial charge in [0.15, 0.2) is 0 Å². The summed E-state index contributed by atoms with van der Waals surface area (Å²) in [4.78, 5) is 2.64. The highest BCUT2D eigenvalue weighted by Gasteiger charge is 2.25. The Kier molecular flexibility index (Phi) is 3.45. The third-order valence-corrected chi connectivity index (χ3v) is 3.93. The van der Waals surface area contributed by atoms with Crippen molar-refractivity contribution < 1.29 is 0 Å². The minimum Gasteiger partial charge on any atom is -0.328 e. The van der Waals surface area contributed by atoms with Crippen LogP contribution in [0.1, 0.15) is 39.0 Å². The number of nitrogens with two attached hydrogens (primary N) is 1. The first-order valence-corrected chi connectivity index (χ1v) is 6.23. The van der Waals surface area contributed by atoms with Crippen molar-refractivity contribution in [1.82, 2.24) is 4.90 Å². The van der Waals surface area contributed by atoms with Crippen molar-refractivity contribution in [3.05, 3.63) is 0 Å². The summed E-state index contributed by atoms with van der Waals surface area (Å²) in [5.41, 5.74) is 5.93. The van der Waals surface area contributed by atoms with E-state index in [1.807, 2.05) is 0 Å². The summed E-state index contributed by atoms with van der Waals surface area (Å²) in [6.45, 7) is 6.08. The van der Waals surface area contributed by atoms with Crippen molar-refractivity contribution in [1.29, 1.82) is 0 Å². The Balaban J connectivity index is 1.62. The average Bonchev–Trinajstić information content (AvgIpc) is 2.99. The predicted molar refractivity (Wildman–Crippen MR) is 60.2 cm³/mol. The summed E-state index contributed by atoms with van der Waals surface area (Å²) < 4.78 is 0. The summed E-state index contributed by atoms with van der Waals surface area (Å²) in [6.07, 6.45) is 7.08. The van der Waals surface area contributed by atoms with Crippen molar-refractivity contribution in [3.8, 4) is 0 Å². The number of hydrogen-bond donors (Lipinski definition) is 1. The van der Waals surface area contributed by atoms with Gasteiger partial charge in [-0.3, -0.25) is 0 Å². The summed E-state index contributed by atoms with van der Waals surface area (Å²) >= 11 is 0. The molecule has 2 nitrogen and oxygen atoms in total. The molecule has 1 saturated carbocycles. The van der Waals surface area contributed by atoms with Crippen molar-refractivity contribution in [2.45, 2.75) is 45.1 Å².